The van der Waals surface area contributed by atoms with Crippen molar-refractivity contribution < 1.29 is 14.6 Å². The Morgan fingerprint density at radius 1 is 1.54 bits per heavy atom. The first kappa shape index (κ1) is 12.4. The second-order valence-corrected chi connectivity index (χ2v) is 3.88. The third-order valence-corrected chi connectivity index (χ3v) is 2.40. The molecule has 0 rings (SSSR count). The smallest absolute Gasteiger partial charge is 0.314 e. The first-order valence-corrected chi connectivity index (χ1v) is 4.71. The summed E-state index contributed by atoms with van der Waals surface area (Å²) in [6, 6.07) is 0. The van der Waals surface area contributed by atoms with Gasteiger partial charge < -0.3 is 9.84 Å². The fourth-order valence-electron chi connectivity index (χ4n) is 1.61. The summed E-state index contributed by atoms with van der Waals surface area (Å²) in [5.74, 6) is 0.0809. The summed E-state index contributed by atoms with van der Waals surface area (Å²) in [6.45, 7) is 5.83. The minimum Gasteiger partial charge on any atom is -0.469 e. The van der Waals surface area contributed by atoms with E-state index in [2.05, 4.69) is 0 Å². The standard InChI is InChI=1S/C10H20O3/c1-5-10(7-11,6-8(2)3)9(12)13-4/h8,11H,5-7H2,1-4H3. The SMILES string of the molecule is CCC(CO)(CC(C)C)C(=O)OC. The van der Waals surface area contributed by atoms with Gasteiger partial charge in [-0.3, -0.25) is 4.79 Å². The van der Waals surface area contributed by atoms with Crippen LogP contribution in [0.15, 0.2) is 0 Å². The van der Waals surface area contributed by atoms with Crippen molar-refractivity contribution in [2.75, 3.05) is 13.7 Å². The number of aliphatic hydroxyl groups excluding tert-OH is 1. The van der Waals surface area contributed by atoms with Crippen LogP contribution in [0.5, 0.6) is 0 Å². The lowest BCUT2D eigenvalue weighted by Gasteiger charge is -2.29. The third-order valence-electron chi connectivity index (χ3n) is 2.40. The van der Waals surface area contributed by atoms with Crippen molar-refractivity contribution in [2.45, 2.75) is 33.6 Å². The fraction of sp³-hybridized carbons (Fsp3) is 0.900. The van der Waals surface area contributed by atoms with Crippen LogP contribution in [0.3, 0.4) is 0 Å². The Balaban J connectivity index is 4.58. The molecule has 0 fully saturated rings. The summed E-state index contributed by atoms with van der Waals surface area (Å²) < 4.78 is 4.70. The van der Waals surface area contributed by atoms with Crippen molar-refractivity contribution in [2.24, 2.45) is 11.3 Å². The molecule has 3 nitrogen and oxygen atoms in total. The van der Waals surface area contributed by atoms with Crippen molar-refractivity contribution in [1.82, 2.24) is 0 Å². The highest BCUT2D eigenvalue weighted by atomic mass is 16.5. The van der Waals surface area contributed by atoms with Gasteiger partial charge in [0.2, 0.25) is 0 Å². The number of carbonyl (C=O) groups excluding carboxylic acids is 1. The maximum atomic E-state index is 11.4. The van der Waals surface area contributed by atoms with E-state index in [1.807, 2.05) is 20.8 Å². The van der Waals surface area contributed by atoms with Crippen LogP contribution in [-0.4, -0.2) is 24.8 Å². The quantitative estimate of drug-likeness (QED) is 0.666. The fourth-order valence-corrected chi connectivity index (χ4v) is 1.61. The molecule has 13 heavy (non-hydrogen) atoms. The number of hydrogen-bond acceptors (Lipinski definition) is 3. The van der Waals surface area contributed by atoms with E-state index in [0.717, 1.165) is 0 Å². The summed E-state index contributed by atoms with van der Waals surface area (Å²) in [5, 5.41) is 9.23. The molecule has 78 valence electrons. The summed E-state index contributed by atoms with van der Waals surface area (Å²) in [6.07, 6.45) is 1.29. The van der Waals surface area contributed by atoms with Crippen molar-refractivity contribution in [3.05, 3.63) is 0 Å². The van der Waals surface area contributed by atoms with Crippen LogP contribution in [0.2, 0.25) is 0 Å². The van der Waals surface area contributed by atoms with Gasteiger partial charge in [-0.15, -0.1) is 0 Å². The van der Waals surface area contributed by atoms with Crippen LogP contribution in [0.25, 0.3) is 0 Å². The molecule has 0 aromatic heterocycles. The zero-order valence-electron chi connectivity index (χ0n) is 8.96. The molecule has 0 heterocycles. The van der Waals surface area contributed by atoms with E-state index in [9.17, 15) is 9.90 Å². The van der Waals surface area contributed by atoms with Gasteiger partial charge in [-0.25, -0.2) is 0 Å². The summed E-state index contributed by atoms with van der Waals surface area (Å²) in [5.41, 5.74) is -0.692. The highest BCUT2D eigenvalue weighted by Crippen LogP contribution is 2.31. The van der Waals surface area contributed by atoms with E-state index in [-0.39, 0.29) is 12.6 Å². The van der Waals surface area contributed by atoms with Gasteiger partial charge in [-0.2, -0.15) is 0 Å². The Kier molecular flexibility index (Phi) is 4.99. The lowest BCUT2D eigenvalue weighted by molar-refractivity contribution is -0.157. The van der Waals surface area contributed by atoms with E-state index in [1.54, 1.807) is 0 Å². The molecule has 0 aliphatic carbocycles. The number of ether oxygens (including phenoxy) is 1. The topological polar surface area (TPSA) is 46.5 Å². The predicted molar refractivity (Wildman–Crippen MR) is 51.3 cm³/mol. The number of aliphatic hydroxyl groups is 1. The third kappa shape index (κ3) is 2.99. The van der Waals surface area contributed by atoms with Gasteiger partial charge in [-0.05, 0) is 18.8 Å². The Bertz CT molecular complexity index is 160. The number of rotatable bonds is 5. The van der Waals surface area contributed by atoms with Crippen molar-refractivity contribution in [1.29, 1.82) is 0 Å². The molecule has 1 unspecified atom stereocenters. The summed E-state index contributed by atoms with van der Waals surface area (Å²) >= 11 is 0. The van der Waals surface area contributed by atoms with Gasteiger partial charge in [0.15, 0.2) is 0 Å². The number of esters is 1. The monoisotopic (exact) mass is 188 g/mol. The van der Waals surface area contributed by atoms with E-state index < -0.39 is 5.41 Å². The molecule has 0 amide bonds. The zero-order valence-corrected chi connectivity index (χ0v) is 8.96. The second kappa shape index (κ2) is 5.22. The molecule has 0 bridgehead atoms. The van der Waals surface area contributed by atoms with Crippen LogP contribution < -0.4 is 0 Å². The zero-order chi connectivity index (χ0) is 10.5. The van der Waals surface area contributed by atoms with Gasteiger partial charge in [-0.1, -0.05) is 20.8 Å². The number of hydrogen-bond donors (Lipinski definition) is 1. The Hall–Kier alpha value is -0.570. The first-order valence-electron chi connectivity index (χ1n) is 4.71. The maximum absolute atomic E-state index is 11.4. The molecular weight excluding hydrogens is 168 g/mol. The summed E-state index contributed by atoms with van der Waals surface area (Å²) in [4.78, 5) is 11.4. The molecule has 0 saturated carbocycles. The molecule has 0 aliphatic heterocycles. The molecule has 1 atom stereocenters. The highest BCUT2D eigenvalue weighted by Gasteiger charge is 2.37. The van der Waals surface area contributed by atoms with Crippen LogP contribution in [0, 0.1) is 11.3 Å². The minimum absolute atomic E-state index is 0.131. The van der Waals surface area contributed by atoms with Crippen molar-refractivity contribution in [3.8, 4) is 0 Å². The molecule has 0 radical (unpaired) electrons. The van der Waals surface area contributed by atoms with Crippen molar-refractivity contribution >= 4 is 5.97 Å². The van der Waals surface area contributed by atoms with E-state index in [4.69, 9.17) is 4.74 Å². The van der Waals surface area contributed by atoms with E-state index in [1.165, 1.54) is 7.11 Å². The lowest BCUT2D eigenvalue weighted by atomic mass is 9.78. The summed E-state index contributed by atoms with van der Waals surface area (Å²) in [7, 11) is 1.36. The molecule has 1 N–H and O–H groups in total. The van der Waals surface area contributed by atoms with Crippen LogP contribution in [-0.2, 0) is 9.53 Å². The Morgan fingerprint density at radius 2 is 2.08 bits per heavy atom. The maximum Gasteiger partial charge on any atom is 0.314 e. The molecule has 0 aromatic carbocycles. The van der Waals surface area contributed by atoms with Crippen LogP contribution in [0.1, 0.15) is 33.6 Å². The Morgan fingerprint density at radius 3 is 2.31 bits per heavy atom. The molecule has 0 aromatic rings. The van der Waals surface area contributed by atoms with Gasteiger partial charge in [0.05, 0.1) is 19.1 Å². The average molecular weight is 188 g/mol. The van der Waals surface area contributed by atoms with Crippen molar-refractivity contribution in [3.63, 3.8) is 0 Å². The average Bonchev–Trinajstić information content (AvgIpc) is 2.12. The van der Waals surface area contributed by atoms with Gasteiger partial charge >= 0.3 is 5.97 Å². The molecule has 3 heteroatoms. The van der Waals surface area contributed by atoms with Gasteiger partial charge in [0.25, 0.3) is 0 Å². The molecule has 0 aliphatic rings. The first-order chi connectivity index (χ1) is 6.02. The van der Waals surface area contributed by atoms with Crippen LogP contribution in [0.4, 0.5) is 0 Å². The van der Waals surface area contributed by atoms with Gasteiger partial charge in [0, 0.05) is 0 Å². The second-order valence-electron chi connectivity index (χ2n) is 3.88. The van der Waals surface area contributed by atoms with E-state index >= 15 is 0 Å². The Labute approximate surface area is 80.1 Å². The molecular formula is C10H20O3. The van der Waals surface area contributed by atoms with E-state index in [0.29, 0.717) is 18.8 Å². The molecule has 0 saturated heterocycles. The largest absolute Gasteiger partial charge is 0.469 e. The van der Waals surface area contributed by atoms with Gasteiger partial charge in [0.1, 0.15) is 0 Å². The normalized spacial score (nSPS) is 15.5. The molecule has 0 spiro atoms. The number of methoxy groups -OCH3 is 1. The highest BCUT2D eigenvalue weighted by molar-refractivity contribution is 5.76. The number of carbonyl (C=O) groups is 1. The predicted octanol–water partition coefficient (Wildman–Crippen LogP) is 1.59. The minimum atomic E-state index is -0.692. The van der Waals surface area contributed by atoms with Crippen LogP contribution >= 0.6 is 0 Å². The lowest BCUT2D eigenvalue weighted by Crippen LogP contribution is -2.36.